The summed E-state index contributed by atoms with van der Waals surface area (Å²) in [6.07, 6.45) is 3.60. The Morgan fingerprint density at radius 1 is 1.22 bits per heavy atom. The maximum Gasteiger partial charge on any atom is 0.255 e. The van der Waals surface area contributed by atoms with Gasteiger partial charge in [-0.2, -0.15) is 0 Å². The van der Waals surface area contributed by atoms with E-state index in [1.807, 2.05) is 48.2 Å². The van der Waals surface area contributed by atoms with E-state index in [1.54, 1.807) is 7.11 Å². The highest BCUT2D eigenvalue weighted by molar-refractivity contribution is 5.99. The van der Waals surface area contributed by atoms with Crippen molar-refractivity contribution >= 4 is 11.8 Å². The van der Waals surface area contributed by atoms with Crippen molar-refractivity contribution in [1.29, 1.82) is 0 Å². The summed E-state index contributed by atoms with van der Waals surface area (Å²) in [4.78, 5) is 29.0. The molecule has 6 heteroatoms. The molecule has 0 aromatic heterocycles. The first-order chi connectivity index (χ1) is 15.6. The third-order valence-electron chi connectivity index (χ3n) is 7.38. The van der Waals surface area contributed by atoms with E-state index in [0.29, 0.717) is 17.9 Å². The van der Waals surface area contributed by atoms with E-state index in [-0.39, 0.29) is 35.9 Å². The molecule has 0 saturated carbocycles. The van der Waals surface area contributed by atoms with Crippen LogP contribution in [0.4, 0.5) is 0 Å². The molecule has 2 aromatic carbocycles. The molecule has 3 aliphatic rings. The third-order valence-corrected chi connectivity index (χ3v) is 7.38. The summed E-state index contributed by atoms with van der Waals surface area (Å²) in [5.74, 6) is 0.705. The van der Waals surface area contributed by atoms with Gasteiger partial charge in [-0.1, -0.05) is 36.4 Å². The summed E-state index contributed by atoms with van der Waals surface area (Å²) in [5, 5.41) is 6.73. The van der Waals surface area contributed by atoms with Gasteiger partial charge in [0.25, 0.3) is 5.91 Å². The van der Waals surface area contributed by atoms with Gasteiger partial charge in [0, 0.05) is 12.6 Å². The first-order valence-electron chi connectivity index (χ1n) is 11.7. The minimum absolute atomic E-state index is 0.0579. The molecule has 2 N–H and O–H groups in total. The lowest BCUT2D eigenvalue weighted by Crippen LogP contribution is -2.58. The summed E-state index contributed by atoms with van der Waals surface area (Å²) < 4.78 is 5.65. The highest BCUT2D eigenvalue weighted by Gasteiger charge is 2.46. The minimum atomic E-state index is -0.150. The van der Waals surface area contributed by atoms with Crippen LogP contribution in [0.1, 0.15) is 65.3 Å². The van der Waals surface area contributed by atoms with Crippen molar-refractivity contribution in [3.8, 4) is 5.75 Å². The number of carbonyl (C=O) groups is 2. The first-order valence-corrected chi connectivity index (χ1v) is 11.7. The first kappa shape index (κ1) is 21.0. The Morgan fingerprint density at radius 2 is 2.03 bits per heavy atom. The monoisotopic (exact) mass is 433 g/mol. The average Bonchev–Trinajstić information content (AvgIpc) is 2.83. The fraction of sp³-hybridized carbons (Fsp3) is 0.462. The molecule has 0 radical (unpaired) electrons. The summed E-state index contributed by atoms with van der Waals surface area (Å²) in [7, 11) is 1.60. The Bertz CT molecular complexity index is 1020. The second-order valence-corrected chi connectivity index (χ2v) is 9.16. The molecule has 2 saturated heterocycles. The zero-order valence-electron chi connectivity index (χ0n) is 18.8. The highest BCUT2D eigenvalue weighted by Crippen LogP contribution is 2.44. The molecular weight excluding hydrogens is 402 g/mol. The summed E-state index contributed by atoms with van der Waals surface area (Å²) in [6, 6.07) is 13.8. The molecular formula is C26H31N3O3. The molecule has 2 amide bonds. The minimum Gasteiger partial charge on any atom is -0.496 e. The standard InChI is InChI=1S/C26H31N3O3/c1-16(17-7-4-3-5-8-17)28-25(30)24-22(32-2)11-10-18-12-14-29-21(23(18)24)15-20-19(26(29)31)9-6-13-27-20/h3-5,7-8,10-11,16,19-21,27H,6,9,12-15H2,1-2H3,(H,28,30)/t16-,19+,20+,21+/m1/s1. The normalized spacial score (nSPS) is 25.2. The number of benzene rings is 2. The van der Waals surface area contributed by atoms with Gasteiger partial charge in [-0.15, -0.1) is 0 Å². The molecule has 2 fully saturated rings. The zero-order chi connectivity index (χ0) is 22.2. The van der Waals surface area contributed by atoms with Crippen LogP contribution < -0.4 is 15.4 Å². The largest absolute Gasteiger partial charge is 0.496 e. The van der Waals surface area contributed by atoms with Gasteiger partial charge in [-0.25, -0.2) is 0 Å². The molecule has 0 unspecified atom stereocenters. The molecule has 3 aliphatic heterocycles. The predicted molar refractivity (Wildman–Crippen MR) is 123 cm³/mol. The maximum atomic E-state index is 13.6. The SMILES string of the molecule is COc1ccc2c(c1C(=O)N[C@H](C)c1ccccc1)[C@@H]1C[C@@H]3NCCC[C@@H]3C(=O)N1CC2. The smallest absolute Gasteiger partial charge is 0.255 e. The number of rotatable bonds is 4. The fourth-order valence-corrected chi connectivity index (χ4v) is 5.75. The summed E-state index contributed by atoms with van der Waals surface area (Å²) >= 11 is 0. The Morgan fingerprint density at radius 3 is 2.81 bits per heavy atom. The van der Waals surface area contributed by atoms with E-state index in [9.17, 15) is 9.59 Å². The van der Waals surface area contributed by atoms with Crippen LogP contribution in [-0.2, 0) is 11.2 Å². The number of amides is 2. The van der Waals surface area contributed by atoms with Crippen LogP contribution in [0.15, 0.2) is 42.5 Å². The van der Waals surface area contributed by atoms with Crippen molar-refractivity contribution < 1.29 is 14.3 Å². The van der Waals surface area contributed by atoms with Gasteiger partial charge in [0.2, 0.25) is 5.91 Å². The highest BCUT2D eigenvalue weighted by atomic mass is 16.5. The zero-order valence-corrected chi connectivity index (χ0v) is 18.8. The van der Waals surface area contributed by atoms with Crippen LogP contribution in [0.5, 0.6) is 5.75 Å². The van der Waals surface area contributed by atoms with Crippen LogP contribution in [0, 0.1) is 5.92 Å². The summed E-state index contributed by atoms with van der Waals surface area (Å²) in [6.45, 7) is 3.66. The van der Waals surface area contributed by atoms with Gasteiger partial charge in [0.05, 0.1) is 30.7 Å². The molecule has 6 nitrogen and oxygen atoms in total. The lowest BCUT2D eigenvalue weighted by Gasteiger charge is -2.49. The number of hydrogen-bond donors (Lipinski definition) is 2. The van der Waals surface area contributed by atoms with E-state index in [0.717, 1.165) is 48.9 Å². The van der Waals surface area contributed by atoms with Crippen LogP contribution in [0.25, 0.3) is 0 Å². The summed E-state index contributed by atoms with van der Waals surface area (Å²) in [5.41, 5.74) is 3.73. The Hall–Kier alpha value is -2.86. The number of fused-ring (bicyclic) bond motifs is 4. The maximum absolute atomic E-state index is 13.6. The van der Waals surface area contributed by atoms with Crippen molar-refractivity contribution in [2.24, 2.45) is 5.92 Å². The third kappa shape index (κ3) is 3.56. The number of piperidine rings is 2. The molecule has 3 heterocycles. The number of hydrogen-bond acceptors (Lipinski definition) is 4. The van der Waals surface area contributed by atoms with Crippen molar-refractivity contribution in [1.82, 2.24) is 15.5 Å². The van der Waals surface area contributed by atoms with Gasteiger partial charge < -0.3 is 20.3 Å². The fourth-order valence-electron chi connectivity index (χ4n) is 5.75. The van der Waals surface area contributed by atoms with E-state index in [4.69, 9.17) is 4.74 Å². The topological polar surface area (TPSA) is 70.7 Å². The number of ether oxygens (including phenoxy) is 1. The Kier molecular flexibility index (Phi) is 5.64. The van der Waals surface area contributed by atoms with Crippen LogP contribution in [0.3, 0.4) is 0 Å². The van der Waals surface area contributed by atoms with E-state index in [1.165, 1.54) is 0 Å². The Labute approximate surface area is 189 Å². The van der Waals surface area contributed by atoms with Gasteiger partial charge in [-0.3, -0.25) is 9.59 Å². The molecule has 5 rings (SSSR count). The van der Waals surface area contributed by atoms with Gasteiger partial charge >= 0.3 is 0 Å². The van der Waals surface area contributed by atoms with Crippen molar-refractivity contribution in [3.63, 3.8) is 0 Å². The van der Waals surface area contributed by atoms with Crippen LogP contribution in [-0.4, -0.2) is 43.0 Å². The van der Waals surface area contributed by atoms with Gasteiger partial charge in [-0.05, 0) is 61.9 Å². The van der Waals surface area contributed by atoms with E-state index in [2.05, 4.69) is 16.7 Å². The lowest BCUT2D eigenvalue weighted by atomic mass is 9.75. The van der Waals surface area contributed by atoms with Crippen LogP contribution >= 0.6 is 0 Å². The second-order valence-electron chi connectivity index (χ2n) is 9.16. The molecule has 2 aromatic rings. The quantitative estimate of drug-likeness (QED) is 0.776. The average molecular weight is 434 g/mol. The number of methoxy groups -OCH3 is 1. The molecule has 4 atom stereocenters. The van der Waals surface area contributed by atoms with Crippen molar-refractivity contribution in [2.45, 2.75) is 50.7 Å². The number of nitrogens with zero attached hydrogens (tertiary/aromatic N) is 1. The van der Waals surface area contributed by atoms with E-state index >= 15 is 0 Å². The molecule has 0 spiro atoms. The predicted octanol–water partition coefficient (Wildman–Crippen LogP) is 3.38. The van der Waals surface area contributed by atoms with E-state index < -0.39 is 0 Å². The molecule has 168 valence electrons. The number of carbonyl (C=O) groups excluding carboxylic acids is 2. The molecule has 32 heavy (non-hydrogen) atoms. The van der Waals surface area contributed by atoms with Crippen LogP contribution in [0.2, 0.25) is 0 Å². The van der Waals surface area contributed by atoms with Gasteiger partial charge in [0.15, 0.2) is 0 Å². The number of nitrogens with one attached hydrogen (secondary N) is 2. The van der Waals surface area contributed by atoms with Gasteiger partial charge in [0.1, 0.15) is 5.75 Å². The Balaban J connectivity index is 1.52. The van der Waals surface area contributed by atoms with Crippen molar-refractivity contribution in [2.75, 3.05) is 20.2 Å². The molecule has 0 bridgehead atoms. The van der Waals surface area contributed by atoms with Crippen molar-refractivity contribution in [3.05, 3.63) is 64.7 Å². The second kappa shape index (κ2) is 8.58. The lowest BCUT2D eigenvalue weighted by molar-refractivity contribution is -0.145. The molecule has 0 aliphatic carbocycles.